The molecule has 0 N–H and O–H groups in total. The van der Waals surface area contributed by atoms with E-state index in [4.69, 9.17) is 10.5 Å². The second-order valence-electron chi connectivity index (χ2n) is 4.36. The Labute approximate surface area is 122 Å². The summed E-state index contributed by atoms with van der Waals surface area (Å²) in [5.74, 6) is -0.661. The van der Waals surface area contributed by atoms with Crippen molar-refractivity contribution < 1.29 is 9.53 Å². The smallest absolute Gasteiger partial charge is 0.348 e. The number of para-hydroxylation sites is 1. The van der Waals surface area contributed by atoms with Crippen LogP contribution in [0.2, 0.25) is 0 Å². The summed E-state index contributed by atoms with van der Waals surface area (Å²) in [7, 11) is 1.24. The fraction of sp³-hybridized carbons (Fsp3) is 0.188. The highest BCUT2D eigenvalue weighted by Crippen LogP contribution is 2.24. The van der Waals surface area contributed by atoms with E-state index < -0.39 is 5.97 Å². The van der Waals surface area contributed by atoms with E-state index in [0.717, 1.165) is 16.5 Å². The van der Waals surface area contributed by atoms with Crippen LogP contribution in [0.1, 0.15) is 12.0 Å². The Bertz CT molecular complexity index is 788. The van der Waals surface area contributed by atoms with Gasteiger partial charge in [-0.1, -0.05) is 18.2 Å². The Hall–Kier alpha value is -3.05. The van der Waals surface area contributed by atoms with Crippen molar-refractivity contribution in [2.24, 2.45) is 0 Å². The molecule has 0 unspecified atom stereocenters. The van der Waals surface area contributed by atoms with E-state index in [1.807, 2.05) is 41.1 Å². The summed E-state index contributed by atoms with van der Waals surface area (Å²) in [6, 6.07) is 11.6. The van der Waals surface area contributed by atoms with Gasteiger partial charge in [-0.25, -0.2) is 4.79 Å². The molecule has 0 saturated heterocycles. The highest BCUT2D eigenvalue weighted by molar-refractivity contribution is 6.01. The van der Waals surface area contributed by atoms with Crippen LogP contribution in [-0.2, 0) is 16.1 Å². The summed E-state index contributed by atoms with van der Waals surface area (Å²) >= 11 is 0. The maximum Gasteiger partial charge on any atom is 0.348 e. The molecule has 0 saturated carbocycles. The zero-order valence-electron chi connectivity index (χ0n) is 11.5. The van der Waals surface area contributed by atoms with Crippen LogP contribution >= 0.6 is 0 Å². The van der Waals surface area contributed by atoms with E-state index >= 15 is 0 Å². The number of carbonyl (C=O) groups is 1. The summed E-state index contributed by atoms with van der Waals surface area (Å²) in [4.78, 5) is 11.5. The SMILES string of the molecule is COC(=O)/C(C#N)=C/c1cn(CCC#N)c2ccccc12. The van der Waals surface area contributed by atoms with Crippen molar-refractivity contribution in [3.8, 4) is 12.1 Å². The third-order valence-corrected chi connectivity index (χ3v) is 3.11. The summed E-state index contributed by atoms with van der Waals surface area (Å²) in [6.45, 7) is 0.560. The zero-order valence-corrected chi connectivity index (χ0v) is 11.5. The molecule has 0 fully saturated rings. The van der Waals surface area contributed by atoms with Gasteiger partial charge < -0.3 is 9.30 Å². The Kier molecular flexibility index (Phi) is 4.38. The third-order valence-electron chi connectivity index (χ3n) is 3.11. The first kappa shape index (κ1) is 14.4. The summed E-state index contributed by atoms with van der Waals surface area (Å²) < 4.78 is 6.52. The van der Waals surface area contributed by atoms with E-state index in [1.54, 1.807) is 0 Å². The lowest BCUT2D eigenvalue weighted by molar-refractivity contribution is -0.135. The predicted octanol–water partition coefficient (Wildman–Crippen LogP) is 2.63. The van der Waals surface area contributed by atoms with Gasteiger partial charge in [-0.3, -0.25) is 0 Å². The highest BCUT2D eigenvalue weighted by Gasteiger charge is 2.12. The van der Waals surface area contributed by atoms with Gasteiger partial charge in [-0.05, 0) is 12.1 Å². The van der Waals surface area contributed by atoms with Crippen LogP contribution in [0.4, 0.5) is 0 Å². The van der Waals surface area contributed by atoms with Crippen molar-refractivity contribution in [2.45, 2.75) is 13.0 Å². The number of nitriles is 2. The lowest BCUT2D eigenvalue weighted by Gasteiger charge is -2.00. The molecule has 1 aromatic carbocycles. The molecule has 2 aromatic rings. The molecule has 0 aliphatic rings. The first-order chi connectivity index (χ1) is 10.2. The number of aromatic nitrogens is 1. The molecule has 0 aliphatic heterocycles. The molecule has 0 aliphatic carbocycles. The number of rotatable bonds is 4. The average molecular weight is 279 g/mol. The number of esters is 1. The van der Waals surface area contributed by atoms with Crippen LogP contribution in [-0.4, -0.2) is 17.6 Å². The normalized spacial score (nSPS) is 10.9. The molecule has 5 heteroatoms. The van der Waals surface area contributed by atoms with Gasteiger partial charge in [0.05, 0.1) is 19.6 Å². The molecule has 0 spiro atoms. The van der Waals surface area contributed by atoms with Crippen molar-refractivity contribution in [1.29, 1.82) is 10.5 Å². The topological polar surface area (TPSA) is 78.8 Å². The van der Waals surface area contributed by atoms with Gasteiger partial charge in [0.2, 0.25) is 0 Å². The minimum absolute atomic E-state index is 0.0549. The minimum atomic E-state index is -0.661. The van der Waals surface area contributed by atoms with Crippen molar-refractivity contribution in [2.75, 3.05) is 7.11 Å². The molecule has 0 atom stereocenters. The van der Waals surface area contributed by atoms with E-state index in [9.17, 15) is 4.79 Å². The molecular weight excluding hydrogens is 266 g/mol. The van der Waals surface area contributed by atoms with Gasteiger partial charge in [0.25, 0.3) is 0 Å². The van der Waals surface area contributed by atoms with E-state index in [-0.39, 0.29) is 5.57 Å². The van der Waals surface area contributed by atoms with Crippen molar-refractivity contribution in [3.05, 3.63) is 41.6 Å². The van der Waals surface area contributed by atoms with Gasteiger partial charge in [-0.15, -0.1) is 0 Å². The van der Waals surface area contributed by atoms with Crippen LogP contribution in [0.25, 0.3) is 17.0 Å². The first-order valence-electron chi connectivity index (χ1n) is 6.36. The number of hydrogen-bond acceptors (Lipinski definition) is 4. The second kappa shape index (κ2) is 6.40. The number of carbonyl (C=O) groups excluding carboxylic acids is 1. The van der Waals surface area contributed by atoms with E-state index in [2.05, 4.69) is 10.8 Å². The molecule has 5 nitrogen and oxygen atoms in total. The molecule has 0 radical (unpaired) electrons. The quantitative estimate of drug-likeness (QED) is 0.489. The lowest BCUT2D eigenvalue weighted by atomic mass is 10.1. The van der Waals surface area contributed by atoms with Crippen molar-refractivity contribution in [1.82, 2.24) is 4.57 Å². The standard InChI is InChI=1S/C16H13N3O2/c1-21-16(20)12(10-18)9-13-11-19(8-4-7-17)15-6-3-2-5-14(13)15/h2-3,5-6,9,11H,4,8H2,1H3/b12-9+. The highest BCUT2D eigenvalue weighted by atomic mass is 16.5. The maximum atomic E-state index is 11.5. The Morgan fingerprint density at radius 1 is 1.38 bits per heavy atom. The van der Waals surface area contributed by atoms with Gasteiger partial charge in [0, 0.05) is 29.2 Å². The van der Waals surface area contributed by atoms with E-state index in [0.29, 0.717) is 13.0 Å². The van der Waals surface area contributed by atoms with Crippen LogP contribution in [0.3, 0.4) is 0 Å². The average Bonchev–Trinajstić information content (AvgIpc) is 2.88. The summed E-state index contributed by atoms with van der Waals surface area (Å²) in [6.07, 6.45) is 3.74. The largest absolute Gasteiger partial charge is 0.465 e. The molecule has 0 amide bonds. The van der Waals surface area contributed by atoms with Gasteiger partial charge in [0.1, 0.15) is 11.6 Å². The van der Waals surface area contributed by atoms with Crippen LogP contribution in [0.15, 0.2) is 36.0 Å². The summed E-state index contributed by atoms with van der Waals surface area (Å²) in [5, 5.41) is 18.7. The Balaban J connectivity index is 2.55. The molecular formula is C16H13N3O2. The fourth-order valence-electron chi connectivity index (χ4n) is 2.15. The molecule has 2 rings (SSSR count). The molecule has 1 heterocycles. The third kappa shape index (κ3) is 2.93. The number of aryl methyl sites for hydroxylation is 1. The Morgan fingerprint density at radius 3 is 2.81 bits per heavy atom. The monoisotopic (exact) mass is 279 g/mol. The molecule has 104 valence electrons. The summed E-state index contributed by atoms with van der Waals surface area (Å²) in [5.41, 5.74) is 1.66. The number of nitrogens with zero attached hydrogens (tertiary/aromatic N) is 3. The van der Waals surface area contributed by atoms with Gasteiger partial charge in [0.15, 0.2) is 0 Å². The van der Waals surface area contributed by atoms with Crippen LogP contribution in [0, 0.1) is 22.7 Å². The molecule has 0 bridgehead atoms. The van der Waals surface area contributed by atoms with Gasteiger partial charge >= 0.3 is 5.97 Å². The fourth-order valence-corrected chi connectivity index (χ4v) is 2.15. The molecule has 21 heavy (non-hydrogen) atoms. The maximum absolute atomic E-state index is 11.5. The predicted molar refractivity (Wildman–Crippen MR) is 77.8 cm³/mol. The number of benzene rings is 1. The number of methoxy groups -OCH3 is 1. The van der Waals surface area contributed by atoms with Crippen LogP contribution < -0.4 is 0 Å². The second-order valence-corrected chi connectivity index (χ2v) is 4.36. The Morgan fingerprint density at radius 2 is 2.14 bits per heavy atom. The number of ether oxygens (including phenoxy) is 1. The van der Waals surface area contributed by atoms with E-state index in [1.165, 1.54) is 13.2 Å². The first-order valence-corrected chi connectivity index (χ1v) is 6.36. The number of hydrogen-bond donors (Lipinski definition) is 0. The van der Waals surface area contributed by atoms with Crippen molar-refractivity contribution in [3.63, 3.8) is 0 Å². The zero-order chi connectivity index (χ0) is 15.2. The minimum Gasteiger partial charge on any atom is -0.465 e. The van der Waals surface area contributed by atoms with Crippen molar-refractivity contribution >= 4 is 22.9 Å². The lowest BCUT2D eigenvalue weighted by Crippen LogP contribution is -2.02. The van der Waals surface area contributed by atoms with Crippen LogP contribution in [0.5, 0.6) is 0 Å². The molecule has 1 aromatic heterocycles. The van der Waals surface area contributed by atoms with Gasteiger partial charge in [-0.2, -0.15) is 10.5 Å². The number of fused-ring (bicyclic) bond motifs is 1.